The zero-order chi connectivity index (χ0) is 15.4. The lowest BCUT2D eigenvalue weighted by molar-refractivity contribution is -0.385. The highest BCUT2D eigenvalue weighted by atomic mass is 35.5. The van der Waals surface area contributed by atoms with E-state index in [2.05, 4.69) is 0 Å². The van der Waals surface area contributed by atoms with Crippen molar-refractivity contribution in [3.05, 3.63) is 68.5 Å². The summed E-state index contributed by atoms with van der Waals surface area (Å²) in [7, 11) is 0. The summed E-state index contributed by atoms with van der Waals surface area (Å²) in [6, 6.07) is 8.59. The summed E-state index contributed by atoms with van der Waals surface area (Å²) in [5, 5.41) is 11.2. The van der Waals surface area contributed by atoms with Crippen LogP contribution in [0.4, 0.5) is 10.1 Å². The van der Waals surface area contributed by atoms with Crippen LogP contribution in [-0.4, -0.2) is 4.92 Å². The Bertz CT molecular complexity index is 679. The number of hydrogen-bond donors (Lipinski definition) is 0. The first-order valence-electron chi connectivity index (χ1n) is 5.92. The van der Waals surface area contributed by atoms with Crippen molar-refractivity contribution in [3.8, 4) is 5.75 Å². The zero-order valence-electron chi connectivity index (χ0n) is 10.7. The van der Waals surface area contributed by atoms with E-state index in [4.69, 9.17) is 27.9 Å². The van der Waals surface area contributed by atoms with E-state index < -0.39 is 10.7 Å². The second kappa shape index (κ2) is 6.74. The van der Waals surface area contributed by atoms with Gasteiger partial charge < -0.3 is 4.74 Å². The van der Waals surface area contributed by atoms with Crippen LogP contribution in [0, 0.1) is 15.9 Å². The zero-order valence-corrected chi connectivity index (χ0v) is 12.2. The monoisotopic (exact) mass is 329 g/mol. The number of benzene rings is 2. The third kappa shape index (κ3) is 3.62. The van der Waals surface area contributed by atoms with E-state index >= 15 is 0 Å². The third-order valence-electron chi connectivity index (χ3n) is 2.81. The molecule has 110 valence electrons. The second-order valence-electron chi connectivity index (χ2n) is 4.18. The average Bonchev–Trinajstić information content (AvgIpc) is 2.46. The highest BCUT2D eigenvalue weighted by Crippen LogP contribution is 2.28. The fourth-order valence-electron chi connectivity index (χ4n) is 1.80. The lowest BCUT2D eigenvalue weighted by Gasteiger charge is -2.11. The summed E-state index contributed by atoms with van der Waals surface area (Å²) in [4.78, 5) is 10.4. The maximum absolute atomic E-state index is 13.7. The van der Waals surface area contributed by atoms with Gasteiger partial charge >= 0.3 is 0 Å². The number of nitro benzene ring substituents is 1. The fraction of sp³-hybridized carbons (Fsp3) is 0.143. The van der Waals surface area contributed by atoms with Crippen molar-refractivity contribution in [3.63, 3.8) is 0 Å². The van der Waals surface area contributed by atoms with Crippen LogP contribution < -0.4 is 4.74 Å². The SMILES string of the molecule is O=[N+]([O-])c1cc(Cl)ccc1COc1c(F)cccc1CCl. The predicted molar refractivity (Wildman–Crippen MR) is 78.4 cm³/mol. The summed E-state index contributed by atoms with van der Waals surface area (Å²) in [6.07, 6.45) is 0. The normalized spacial score (nSPS) is 10.4. The lowest BCUT2D eigenvalue weighted by Crippen LogP contribution is -2.03. The molecule has 0 aromatic heterocycles. The molecule has 0 atom stereocenters. The predicted octanol–water partition coefficient (Wildman–Crippen LogP) is 4.71. The first-order chi connectivity index (χ1) is 10.0. The highest BCUT2D eigenvalue weighted by molar-refractivity contribution is 6.30. The van der Waals surface area contributed by atoms with E-state index in [9.17, 15) is 14.5 Å². The molecule has 0 N–H and O–H groups in total. The minimum absolute atomic E-state index is 0.00301. The fourth-order valence-corrected chi connectivity index (χ4v) is 2.18. The second-order valence-corrected chi connectivity index (χ2v) is 4.88. The first kappa shape index (κ1) is 15.5. The molecule has 21 heavy (non-hydrogen) atoms. The van der Waals surface area contributed by atoms with Crippen molar-refractivity contribution >= 4 is 28.9 Å². The molecule has 2 rings (SSSR count). The quantitative estimate of drug-likeness (QED) is 0.453. The van der Waals surface area contributed by atoms with Crippen LogP contribution in [0.25, 0.3) is 0 Å². The van der Waals surface area contributed by atoms with Crippen LogP contribution in [0.3, 0.4) is 0 Å². The van der Waals surface area contributed by atoms with Gasteiger partial charge in [0.2, 0.25) is 0 Å². The van der Waals surface area contributed by atoms with Gasteiger partial charge in [-0.15, -0.1) is 11.6 Å². The number of hydrogen-bond acceptors (Lipinski definition) is 3. The van der Waals surface area contributed by atoms with Gasteiger partial charge in [-0.2, -0.15) is 0 Å². The Hall–Kier alpha value is -1.85. The number of nitrogens with zero attached hydrogens (tertiary/aromatic N) is 1. The molecule has 0 bridgehead atoms. The van der Waals surface area contributed by atoms with E-state index in [1.165, 1.54) is 30.3 Å². The minimum Gasteiger partial charge on any atom is -0.485 e. The van der Waals surface area contributed by atoms with Gasteiger partial charge in [0.15, 0.2) is 11.6 Å². The van der Waals surface area contributed by atoms with E-state index in [1.54, 1.807) is 6.07 Å². The van der Waals surface area contributed by atoms with Crippen molar-refractivity contribution in [2.24, 2.45) is 0 Å². The first-order valence-corrected chi connectivity index (χ1v) is 6.83. The summed E-state index contributed by atoms with van der Waals surface area (Å²) in [5.74, 6) is -0.489. The van der Waals surface area contributed by atoms with Crippen molar-refractivity contribution in [1.29, 1.82) is 0 Å². The Kier molecular flexibility index (Phi) is 4.98. The molecular weight excluding hydrogens is 320 g/mol. The molecule has 0 amide bonds. The van der Waals surface area contributed by atoms with E-state index in [-0.39, 0.29) is 28.9 Å². The highest BCUT2D eigenvalue weighted by Gasteiger charge is 2.16. The molecule has 0 spiro atoms. The average molecular weight is 330 g/mol. The van der Waals surface area contributed by atoms with Gasteiger partial charge in [0, 0.05) is 16.7 Å². The van der Waals surface area contributed by atoms with Crippen LogP contribution in [0.2, 0.25) is 5.02 Å². The van der Waals surface area contributed by atoms with Crippen LogP contribution in [-0.2, 0) is 12.5 Å². The van der Waals surface area contributed by atoms with E-state index in [1.807, 2.05) is 0 Å². The van der Waals surface area contributed by atoms with Crippen molar-refractivity contribution in [2.45, 2.75) is 12.5 Å². The molecule has 0 aliphatic carbocycles. The molecule has 0 saturated carbocycles. The lowest BCUT2D eigenvalue weighted by atomic mass is 10.2. The largest absolute Gasteiger partial charge is 0.485 e. The molecule has 0 saturated heterocycles. The van der Waals surface area contributed by atoms with Crippen LogP contribution in [0.1, 0.15) is 11.1 Å². The van der Waals surface area contributed by atoms with E-state index in [0.29, 0.717) is 11.1 Å². The van der Waals surface area contributed by atoms with Gasteiger partial charge in [-0.25, -0.2) is 4.39 Å². The summed E-state index contributed by atoms with van der Waals surface area (Å²) < 4.78 is 19.1. The van der Waals surface area contributed by atoms with Gasteiger partial charge in [-0.3, -0.25) is 10.1 Å². The molecule has 0 radical (unpaired) electrons. The smallest absolute Gasteiger partial charge is 0.277 e. The Morgan fingerprint density at radius 2 is 2.00 bits per heavy atom. The molecule has 4 nitrogen and oxygen atoms in total. The van der Waals surface area contributed by atoms with Crippen LogP contribution in [0.15, 0.2) is 36.4 Å². The molecule has 0 unspecified atom stereocenters. The molecule has 0 fully saturated rings. The third-order valence-corrected chi connectivity index (χ3v) is 3.33. The summed E-state index contributed by atoms with van der Waals surface area (Å²) in [5.41, 5.74) is 0.604. The molecule has 0 heterocycles. The molecule has 0 aliphatic rings. The Balaban J connectivity index is 2.27. The maximum Gasteiger partial charge on any atom is 0.277 e. The Morgan fingerprint density at radius 1 is 1.24 bits per heavy atom. The van der Waals surface area contributed by atoms with Crippen LogP contribution in [0.5, 0.6) is 5.75 Å². The van der Waals surface area contributed by atoms with Gasteiger partial charge in [-0.1, -0.05) is 23.7 Å². The van der Waals surface area contributed by atoms with Crippen LogP contribution >= 0.6 is 23.2 Å². The van der Waals surface area contributed by atoms with Crippen molar-refractivity contribution in [2.75, 3.05) is 0 Å². The number of halogens is 3. The number of rotatable bonds is 5. The molecule has 7 heteroatoms. The number of para-hydroxylation sites is 1. The summed E-state index contributed by atoms with van der Waals surface area (Å²) in [6.45, 7) is -0.154. The molecule has 2 aromatic carbocycles. The van der Waals surface area contributed by atoms with Gasteiger partial charge in [0.05, 0.1) is 16.4 Å². The standard InChI is InChI=1S/C14H10Cl2FNO3/c15-7-9-2-1-3-12(17)14(9)21-8-10-4-5-11(16)6-13(10)18(19)20/h1-6H,7-8H2. The molecule has 0 aliphatic heterocycles. The van der Waals surface area contributed by atoms with Gasteiger partial charge in [0.1, 0.15) is 6.61 Å². The van der Waals surface area contributed by atoms with Crippen molar-refractivity contribution in [1.82, 2.24) is 0 Å². The molecule has 2 aromatic rings. The van der Waals surface area contributed by atoms with Crippen molar-refractivity contribution < 1.29 is 14.1 Å². The Morgan fingerprint density at radius 3 is 2.67 bits per heavy atom. The number of nitro groups is 1. The van der Waals surface area contributed by atoms with Gasteiger partial charge in [-0.05, 0) is 18.2 Å². The van der Waals surface area contributed by atoms with E-state index in [0.717, 1.165) is 0 Å². The van der Waals surface area contributed by atoms with Gasteiger partial charge in [0.25, 0.3) is 5.69 Å². The topological polar surface area (TPSA) is 52.4 Å². The minimum atomic E-state index is -0.565. The Labute approximate surface area is 130 Å². The maximum atomic E-state index is 13.7. The summed E-state index contributed by atoms with van der Waals surface area (Å²) >= 11 is 11.4. The number of ether oxygens (including phenoxy) is 1. The number of alkyl halides is 1. The molecular formula is C14H10Cl2FNO3.